The van der Waals surface area contributed by atoms with Crippen molar-refractivity contribution < 1.29 is 8.76 Å². The molecule has 1 aliphatic heterocycles. The van der Waals surface area contributed by atoms with E-state index in [1.54, 1.807) is 6.08 Å². The van der Waals surface area contributed by atoms with Crippen LogP contribution in [-0.2, 0) is 11.1 Å². The van der Waals surface area contributed by atoms with Crippen molar-refractivity contribution >= 4 is 17.3 Å². The van der Waals surface area contributed by atoms with Gasteiger partial charge in [-0.05, 0) is 6.08 Å². The fourth-order valence-corrected chi connectivity index (χ4v) is 0.836. The normalized spacial score (nSPS) is 20.9. The fraction of sp³-hybridized carbons (Fsp3) is 0.250. The lowest BCUT2D eigenvalue weighted by atomic mass is 10.6. The minimum absolute atomic E-state index is 0.407. The lowest BCUT2D eigenvalue weighted by molar-refractivity contribution is 0.573. The average molecular weight is 131 g/mol. The zero-order valence-corrected chi connectivity index (χ0v) is 4.89. The van der Waals surface area contributed by atoms with Crippen molar-refractivity contribution in [3.05, 3.63) is 11.0 Å². The number of rotatable bonds is 1. The van der Waals surface area contributed by atoms with Gasteiger partial charge in [0.2, 0.25) is 0 Å². The van der Waals surface area contributed by atoms with Gasteiger partial charge in [0.1, 0.15) is 0 Å². The molecule has 0 radical (unpaired) electrons. The highest BCUT2D eigenvalue weighted by Gasteiger charge is 2.02. The van der Waals surface area contributed by atoms with Gasteiger partial charge < -0.3 is 4.55 Å². The van der Waals surface area contributed by atoms with Crippen molar-refractivity contribution in [1.82, 2.24) is 0 Å². The van der Waals surface area contributed by atoms with E-state index in [-0.39, 0.29) is 0 Å². The summed E-state index contributed by atoms with van der Waals surface area (Å²) in [6.07, 6.45) is 3.03. The predicted molar refractivity (Wildman–Crippen MR) is 32.2 cm³/mol. The van der Waals surface area contributed by atoms with Gasteiger partial charge in [0.05, 0.1) is 11.4 Å². The average Bonchev–Trinajstić information content (AvgIpc) is 2.12. The molecular weight excluding hydrogens is 126 g/mol. The van der Waals surface area contributed by atoms with Gasteiger partial charge in [-0.1, -0.05) is 0 Å². The van der Waals surface area contributed by atoms with E-state index in [9.17, 15) is 4.21 Å². The van der Waals surface area contributed by atoms with Crippen molar-refractivity contribution in [2.45, 2.75) is 0 Å². The Hall–Kier alpha value is -0.480. The van der Waals surface area contributed by atoms with E-state index in [4.69, 9.17) is 4.55 Å². The molecule has 3 nitrogen and oxygen atoms in total. The molecule has 0 fully saturated rings. The Balaban J connectivity index is 2.72. The third-order valence-corrected chi connectivity index (χ3v) is 1.49. The smallest absolute Gasteiger partial charge is 0.187 e. The van der Waals surface area contributed by atoms with E-state index in [0.717, 1.165) is 0 Å². The van der Waals surface area contributed by atoms with E-state index in [1.165, 1.54) is 6.21 Å². The maximum Gasteiger partial charge on any atom is 0.187 e. The summed E-state index contributed by atoms with van der Waals surface area (Å²) in [6, 6.07) is 0. The van der Waals surface area contributed by atoms with E-state index in [1.807, 2.05) is 0 Å². The first-order valence-electron chi connectivity index (χ1n) is 2.11. The SMILES string of the molecule is O=S(O)C1=CCN=C1. The zero-order chi connectivity index (χ0) is 5.98. The van der Waals surface area contributed by atoms with Crippen LogP contribution in [0.3, 0.4) is 0 Å². The van der Waals surface area contributed by atoms with Crippen molar-refractivity contribution in [3.8, 4) is 0 Å². The van der Waals surface area contributed by atoms with Crippen LogP contribution < -0.4 is 0 Å². The first kappa shape index (κ1) is 5.65. The van der Waals surface area contributed by atoms with Crippen molar-refractivity contribution in [2.24, 2.45) is 4.99 Å². The second-order valence-corrected chi connectivity index (χ2v) is 2.32. The van der Waals surface area contributed by atoms with Gasteiger partial charge in [0.25, 0.3) is 0 Å². The number of hydrogen-bond acceptors (Lipinski definition) is 2. The Morgan fingerprint density at radius 3 is 2.88 bits per heavy atom. The molecule has 1 heterocycles. The topological polar surface area (TPSA) is 49.7 Å². The van der Waals surface area contributed by atoms with Crippen LogP contribution in [-0.4, -0.2) is 21.5 Å². The summed E-state index contributed by atoms with van der Waals surface area (Å²) < 4.78 is 18.5. The molecule has 0 aromatic carbocycles. The van der Waals surface area contributed by atoms with Gasteiger partial charge in [0.15, 0.2) is 11.1 Å². The highest BCUT2D eigenvalue weighted by molar-refractivity contribution is 7.84. The van der Waals surface area contributed by atoms with Crippen LogP contribution in [0.5, 0.6) is 0 Å². The molecule has 4 heteroatoms. The van der Waals surface area contributed by atoms with E-state index < -0.39 is 11.1 Å². The fourth-order valence-electron chi connectivity index (χ4n) is 0.454. The summed E-state index contributed by atoms with van der Waals surface area (Å²) in [5.41, 5.74) is 0. The third kappa shape index (κ3) is 1.02. The van der Waals surface area contributed by atoms with Gasteiger partial charge >= 0.3 is 0 Å². The Kier molecular flexibility index (Phi) is 1.55. The Bertz CT molecular complexity index is 173. The summed E-state index contributed by atoms with van der Waals surface area (Å²) >= 11 is -1.83. The largest absolute Gasteiger partial charge is 0.302 e. The highest BCUT2D eigenvalue weighted by atomic mass is 32.2. The van der Waals surface area contributed by atoms with Crippen molar-refractivity contribution in [3.63, 3.8) is 0 Å². The molecule has 0 saturated heterocycles. The standard InChI is InChI=1S/C4H5NO2S/c6-8(7)4-1-2-5-3-4/h1,3H,2H2,(H,6,7). The van der Waals surface area contributed by atoms with Gasteiger partial charge in [-0.3, -0.25) is 4.99 Å². The third-order valence-electron chi connectivity index (χ3n) is 0.818. The molecule has 1 unspecified atom stereocenters. The number of allylic oxidation sites excluding steroid dienone is 1. The molecule has 1 rings (SSSR count). The van der Waals surface area contributed by atoms with Crippen LogP contribution in [0.25, 0.3) is 0 Å². The van der Waals surface area contributed by atoms with Crippen LogP contribution >= 0.6 is 0 Å². The van der Waals surface area contributed by atoms with E-state index >= 15 is 0 Å². The first-order valence-corrected chi connectivity index (χ1v) is 3.22. The number of nitrogens with zero attached hydrogens (tertiary/aromatic N) is 1. The maximum atomic E-state index is 10.2. The van der Waals surface area contributed by atoms with Crippen LogP contribution in [0.2, 0.25) is 0 Å². The molecule has 1 N–H and O–H groups in total. The van der Waals surface area contributed by atoms with E-state index in [0.29, 0.717) is 11.4 Å². The summed E-state index contributed by atoms with van der Waals surface area (Å²) in [6.45, 7) is 0.543. The van der Waals surface area contributed by atoms with Crippen molar-refractivity contribution in [2.75, 3.05) is 6.54 Å². The molecule has 0 aromatic rings. The summed E-state index contributed by atoms with van der Waals surface area (Å²) in [7, 11) is 0. The Labute approximate surface area is 49.4 Å². The molecule has 8 heavy (non-hydrogen) atoms. The number of aliphatic imine (C=N–C) groups is 1. The molecular formula is C4H5NO2S. The maximum absolute atomic E-state index is 10.2. The Morgan fingerprint density at radius 2 is 2.62 bits per heavy atom. The second kappa shape index (κ2) is 2.19. The molecule has 0 aliphatic carbocycles. The molecule has 44 valence electrons. The molecule has 0 spiro atoms. The molecule has 1 aliphatic rings. The minimum atomic E-state index is -1.83. The molecule has 0 bridgehead atoms. The van der Waals surface area contributed by atoms with Crippen LogP contribution in [0, 0.1) is 0 Å². The second-order valence-electron chi connectivity index (χ2n) is 1.35. The minimum Gasteiger partial charge on any atom is -0.302 e. The van der Waals surface area contributed by atoms with Crippen LogP contribution in [0.1, 0.15) is 0 Å². The monoisotopic (exact) mass is 131 g/mol. The van der Waals surface area contributed by atoms with Crippen LogP contribution in [0.15, 0.2) is 16.0 Å². The first-order chi connectivity index (χ1) is 3.80. The molecule has 0 saturated carbocycles. The van der Waals surface area contributed by atoms with Gasteiger partial charge in [0, 0.05) is 6.21 Å². The van der Waals surface area contributed by atoms with Gasteiger partial charge in [-0.25, -0.2) is 4.21 Å². The highest BCUT2D eigenvalue weighted by Crippen LogP contribution is 2.00. The quantitative estimate of drug-likeness (QED) is 0.516. The summed E-state index contributed by atoms with van der Waals surface area (Å²) in [4.78, 5) is 4.12. The van der Waals surface area contributed by atoms with Gasteiger partial charge in [-0.2, -0.15) is 0 Å². The number of hydrogen-bond donors (Lipinski definition) is 1. The predicted octanol–water partition coefficient (Wildman–Crippen LogP) is 0.176. The van der Waals surface area contributed by atoms with Crippen LogP contribution in [0.4, 0.5) is 0 Å². The zero-order valence-electron chi connectivity index (χ0n) is 4.07. The Morgan fingerprint density at radius 1 is 1.88 bits per heavy atom. The summed E-state index contributed by atoms with van der Waals surface area (Å²) in [5, 5.41) is 0. The molecule has 1 atom stereocenters. The molecule has 0 amide bonds. The molecule has 0 aromatic heterocycles. The lowest BCUT2D eigenvalue weighted by Crippen LogP contribution is -1.89. The van der Waals surface area contributed by atoms with Crippen molar-refractivity contribution in [1.29, 1.82) is 0 Å². The van der Waals surface area contributed by atoms with Gasteiger partial charge in [-0.15, -0.1) is 0 Å². The summed E-state index contributed by atoms with van der Waals surface area (Å²) in [5.74, 6) is 0. The van der Waals surface area contributed by atoms with E-state index in [2.05, 4.69) is 4.99 Å². The lowest BCUT2D eigenvalue weighted by Gasteiger charge is -1.82.